The summed E-state index contributed by atoms with van der Waals surface area (Å²) in [6, 6.07) is 0. The molecule has 0 radical (unpaired) electrons. The molecule has 0 aromatic carbocycles. The lowest BCUT2D eigenvalue weighted by Gasteiger charge is -2.37. The molecule has 0 spiro atoms. The largest absolute Gasteiger partial charge is 0.481 e. The first-order valence-electron chi connectivity index (χ1n) is 7.95. The summed E-state index contributed by atoms with van der Waals surface area (Å²) >= 11 is 0. The van der Waals surface area contributed by atoms with Crippen LogP contribution in [-0.4, -0.2) is 43.9 Å². The standard InChI is InChI=1S/C16H22N6O2/c1-11-8-17-15(19-12-9-18-21(3)10-12)20-13(11)22-6-4-16(2,5-7-22)14(23)24/h8-10H,4-7H2,1-3H3,(H,23,24)(H,17,19,20). The maximum Gasteiger partial charge on any atom is 0.309 e. The van der Waals surface area contributed by atoms with E-state index < -0.39 is 11.4 Å². The molecule has 2 N–H and O–H groups in total. The average molecular weight is 330 g/mol. The van der Waals surface area contributed by atoms with Crippen molar-refractivity contribution < 1.29 is 9.90 Å². The van der Waals surface area contributed by atoms with Gasteiger partial charge < -0.3 is 15.3 Å². The van der Waals surface area contributed by atoms with Crippen LogP contribution in [0.15, 0.2) is 18.6 Å². The molecule has 1 saturated heterocycles. The summed E-state index contributed by atoms with van der Waals surface area (Å²) in [6.07, 6.45) is 6.56. The lowest BCUT2D eigenvalue weighted by atomic mass is 9.80. The molecule has 24 heavy (non-hydrogen) atoms. The first-order valence-corrected chi connectivity index (χ1v) is 7.95. The molecule has 1 fully saturated rings. The van der Waals surface area contributed by atoms with Crippen molar-refractivity contribution in [3.8, 4) is 0 Å². The van der Waals surface area contributed by atoms with E-state index >= 15 is 0 Å². The zero-order chi connectivity index (χ0) is 17.3. The van der Waals surface area contributed by atoms with Crippen LogP contribution in [0.25, 0.3) is 0 Å². The number of carbonyl (C=O) groups is 1. The van der Waals surface area contributed by atoms with Crippen LogP contribution in [0.1, 0.15) is 25.3 Å². The van der Waals surface area contributed by atoms with Gasteiger partial charge in [-0.15, -0.1) is 0 Å². The predicted octanol–water partition coefficient (Wildman–Crippen LogP) is 1.95. The fourth-order valence-corrected chi connectivity index (χ4v) is 2.85. The lowest BCUT2D eigenvalue weighted by Crippen LogP contribution is -2.43. The minimum atomic E-state index is -0.722. The Kier molecular flexibility index (Phi) is 4.13. The number of carboxylic acids is 1. The third kappa shape index (κ3) is 3.17. The Balaban J connectivity index is 1.76. The summed E-state index contributed by atoms with van der Waals surface area (Å²) in [5.74, 6) is 0.638. The molecular formula is C16H22N6O2. The van der Waals surface area contributed by atoms with E-state index in [1.54, 1.807) is 17.1 Å². The number of piperidine rings is 1. The number of aromatic nitrogens is 4. The molecule has 0 unspecified atom stereocenters. The van der Waals surface area contributed by atoms with Crippen molar-refractivity contribution in [1.29, 1.82) is 0 Å². The maximum absolute atomic E-state index is 11.4. The van der Waals surface area contributed by atoms with Crippen LogP contribution in [0.4, 0.5) is 17.5 Å². The Hall–Kier alpha value is -2.64. The molecule has 2 aromatic heterocycles. The molecule has 2 aromatic rings. The molecule has 1 aliphatic rings. The molecule has 8 heteroatoms. The van der Waals surface area contributed by atoms with E-state index in [1.807, 2.05) is 27.1 Å². The highest BCUT2D eigenvalue weighted by atomic mass is 16.4. The third-order valence-corrected chi connectivity index (χ3v) is 4.59. The average Bonchev–Trinajstić information content (AvgIpc) is 2.95. The van der Waals surface area contributed by atoms with E-state index in [0.29, 0.717) is 31.9 Å². The number of anilines is 3. The van der Waals surface area contributed by atoms with E-state index in [1.165, 1.54) is 0 Å². The second kappa shape index (κ2) is 6.10. The molecule has 8 nitrogen and oxygen atoms in total. The Morgan fingerprint density at radius 1 is 1.33 bits per heavy atom. The van der Waals surface area contributed by atoms with Gasteiger partial charge in [-0.25, -0.2) is 4.98 Å². The van der Waals surface area contributed by atoms with Gasteiger partial charge in [-0.05, 0) is 26.7 Å². The number of nitrogens with zero attached hydrogens (tertiary/aromatic N) is 5. The Labute approximate surface area is 140 Å². The zero-order valence-corrected chi connectivity index (χ0v) is 14.2. The van der Waals surface area contributed by atoms with Crippen LogP contribution in [0, 0.1) is 12.3 Å². The van der Waals surface area contributed by atoms with E-state index in [0.717, 1.165) is 17.1 Å². The summed E-state index contributed by atoms with van der Waals surface area (Å²) in [7, 11) is 1.85. The van der Waals surface area contributed by atoms with Crippen molar-refractivity contribution in [2.24, 2.45) is 12.5 Å². The lowest BCUT2D eigenvalue weighted by molar-refractivity contribution is -0.149. The topological polar surface area (TPSA) is 96.2 Å². The van der Waals surface area contributed by atoms with Crippen LogP contribution in [0.5, 0.6) is 0 Å². The van der Waals surface area contributed by atoms with Crippen molar-refractivity contribution in [3.05, 3.63) is 24.2 Å². The van der Waals surface area contributed by atoms with Gasteiger partial charge in [-0.2, -0.15) is 10.1 Å². The number of carboxylic acid groups (broad SMARTS) is 1. The molecule has 0 amide bonds. The van der Waals surface area contributed by atoms with Crippen LogP contribution in [0.3, 0.4) is 0 Å². The highest BCUT2D eigenvalue weighted by Crippen LogP contribution is 2.33. The van der Waals surface area contributed by atoms with Crippen LogP contribution < -0.4 is 10.2 Å². The smallest absolute Gasteiger partial charge is 0.309 e. The van der Waals surface area contributed by atoms with Crippen molar-refractivity contribution >= 4 is 23.4 Å². The molecule has 1 aliphatic heterocycles. The minimum Gasteiger partial charge on any atom is -0.481 e. The first kappa shape index (κ1) is 16.2. The predicted molar refractivity (Wildman–Crippen MR) is 90.4 cm³/mol. The number of rotatable bonds is 4. The van der Waals surface area contributed by atoms with Gasteiger partial charge in [0.15, 0.2) is 0 Å². The van der Waals surface area contributed by atoms with Crippen molar-refractivity contribution in [2.75, 3.05) is 23.3 Å². The van der Waals surface area contributed by atoms with E-state index in [4.69, 9.17) is 0 Å². The fraction of sp³-hybridized carbons (Fsp3) is 0.500. The quantitative estimate of drug-likeness (QED) is 0.884. The van der Waals surface area contributed by atoms with E-state index in [9.17, 15) is 9.90 Å². The van der Waals surface area contributed by atoms with Crippen LogP contribution >= 0.6 is 0 Å². The summed E-state index contributed by atoms with van der Waals surface area (Å²) in [4.78, 5) is 22.4. The van der Waals surface area contributed by atoms with Gasteiger partial charge in [0, 0.05) is 38.1 Å². The highest BCUT2D eigenvalue weighted by molar-refractivity contribution is 5.74. The number of nitrogens with one attached hydrogen (secondary N) is 1. The number of aliphatic carboxylic acids is 1. The maximum atomic E-state index is 11.4. The second-order valence-corrected chi connectivity index (χ2v) is 6.58. The molecule has 0 bridgehead atoms. The third-order valence-electron chi connectivity index (χ3n) is 4.59. The highest BCUT2D eigenvalue weighted by Gasteiger charge is 2.37. The van der Waals surface area contributed by atoms with Gasteiger partial charge in [0.1, 0.15) is 5.82 Å². The monoisotopic (exact) mass is 330 g/mol. The number of hydrogen-bond donors (Lipinski definition) is 2. The van der Waals surface area contributed by atoms with Crippen molar-refractivity contribution in [2.45, 2.75) is 26.7 Å². The first-order chi connectivity index (χ1) is 11.4. The van der Waals surface area contributed by atoms with Gasteiger partial charge >= 0.3 is 5.97 Å². The minimum absolute atomic E-state index is 0.509. The van der Waals surface area contributed by atoms with Crippen LogP contribution in [0.2, 0.25) is 0 Å². The Morgan fingerprint density at radius 3 is 2.62 bits per heavy atom. The second-order valence-electron chi connectivity index (χ2n) is 6.58. The summed E-state index contributed by atoms with van der Waals surface area (Å²) in [5.41, 5.74) is 1.16. The number of aryl methyl sites for hydroxylation is 2. The van der Waals surface area contributed by atoms with Gasteiger partial charge in [0.25, 0.3) is 0 Å². The molecule has 3 heterocycles. The molecule has 128 valence electrons. The van der Waals surface area contributed by atoms with Crippen molar-refractivity contribution in [1.82, 2.24) is 19.7 Å². The normalized spacial score (nSPS) is 16.9. The van der Waals surface area contributed by atoms with E-state index in [2.05, 4.69) is 25.3 Å². The van der Waals surface area contributed by atoms with Crippen molar-refractivity contribution in [3.63, 3.8) is 0 Å². The SMILES string of the molecule is Cc1cnc(Nc2cnn(C)c2)nc1N1CCC(C)(C(=O)O)CC1. The molecule has 0 atom stereocenters. The van der Waals surface area contributed by atoms with Gasteiger partial charge in [-0.1, -0.05) is 0 Å². The summed E-state index contributed by atoms with van der Waals surface area (Å²) in [5, 5.41) is 16.6. The summed E-state index contributed by atoms with van der Waals surface area (Å²) < 4.78 is 1.70. The molecular weight excluding hydrogens is 308 g/mol. The Bertz CT molecular complexity index is 749. The van der Waals surface area contributed by atoms with Gasteiger partial charge in [-0.3, -0.25) is 9.48 Å². The van der Waals surface area contributed by atoms with Gasteiger partial charge in [0.05, 0.1) is 17.3 Å². The molecule has 0 saturated carbocycles. The Morgan fingerprint density at radius 2 is 2.04 bits per heavy atom. The fourth-order valence-electron chi connectivity index (χ4n) is 2.85. The molecule has 3 rings (SSSR count). The number of hydrogen-bond acceptors (Lipinski definition) is 6. The molecule has 0 aliphatic carbocycles. The van der Waals surface area contributed by atoms with E-state index in [-0.39, 0.29) is 0 Å². The zero-order valence-electron chi connectivity index (χ0n) is 14.2. The summed E-state index contributed by atoms with van der Waals surface area (Å²) in [6.45, 7) is 5.13. The van der Waals surface area contributed by atoms with Gasteiger partial charge in [0.2, 0.25) is 5.95 Å². The van der Waals surface area contributed by atoms with Crippen LogP contribution in [-0.2, 0) is 11.8 Å².